The molecule has 0 spiro atoms. The van der Waals surface area contributed by atoms with E-state index in [9.17, 15) is 4.39 Å². The minimum Gasteiger partial charge on any atom is -0.344 e. The minimum absolute atomic E-state index is 0.0443. The van der Waals surface area contributed by atoms with Gasteiger partial charge in [-0.25, -0.2) is 4.39 Å². The average Bonchev–Trinajstić information content (AvgIpc) is 2.08. The smallest absolute Gasteiger partial charge is 0.201 e. The third kappa shape index (κ3) is 1.63. The summed E-state index contributed by atoms with van der Waals surface area (Å²) in [5.74, 6) is 0.957. The molecule has 1 aliphatic rings. The molecule has 1 saturated heterocycles. The van der Waals surface area contributed by atoms with Gasteiger partial charge in [0.15, 0.2) is 0 Å². The first-order valence-corrected chi connectivity index (χ1v) is 4.87. The second kappa shape index (κ2) is 3.73. The highest BCUT2D eigenvalue weighted by molar-refractivity contribution is 4.81. The van der Waals surface area contributed by atoms with Crippen LogP contribution in [0.15, 0.2) is 0 Å². The van der Waals surface area contributed by atoms with Crippen molar-refractivity contribution in [3.63, 3.8) is 0 Å². The molecule has 0 aliphatic carbocycles. The maximum atomic E-state index is 13.2. The zero-order chi connectivity index (χ0) is 9.30. The van der Waals surface area contributed by atoms with Crippen molar-refractivity contribution in [2.75, 3.05) is 0 Å². The van der Waals surface area contributed by atoms with Gasteiger partial charge in [0.1, 0.15) is 0 Å². The van der Waals surface area contributed by atoms with Crippen molar-refractivity contribution in [1.29, 1.82) is 0 Å². The molecule has 0 aromatic rings. The molecule has 0 bridgehead atoms. The van der Waals surface area contributed by atoms with E-state index in [0.29, 0.717) is 11.8 Å². The Hall–Kier alpha value is -0.110. The Morgan fingerprint density at radius 1 is 1.08 bits per heavy atom. The van der Waals surface area contributed by atoms with Crippen LogP contribution in [0.3, 0.4) is 0 Å². The lowest BCUT2D eigenvalue weighted by atomic mass is 9.79. The Morgan fingerprint density at radius 3 is 2.17 bits per heavy atom. The first-order chi connectivity index (χ1) is 5.57. The van der Waals surface area contributed by atoms with Gasteiger partial charge in [0.2, 0.25) is 6.36 Å². The van der Waals surface area contributed by atoms with Crippen LogP contribution in [0.4, 0.5) is 4.39 Å². The highest BCUT2D eigenvalue weighted by Gasteiger charge is 2.37. The van der Waals surface area contributed by atoms with E-state index in [1.165, 1.54) is 0 Å². The number of hydrogen-bond donors (Lipinski definition) is 0. The number of hydrogen-bond acceptors (Lipinski definition) is 1. The van der Waals surface area contributed by atoms with Gasteiger partial charge in [0.05, 0.1) is 6.10 Å². The summed E-state index contributed by atoms with van der Waals surface area (Å²) in [6.07, 6.45) is -0.0223. The summed E-state index contributed by atoms with van der Waals surface area (Å²) in [6.45, 7) is 8.25. The summed E-state index contributed by atoms with van der Waals surface area (Å²) in [7, 11) is 0. The van der Waals surface area contributed by atoms with E-state index >= 15 is 0 Å². The third-order valence-electron chi connectivity index (χ3n) is 3.37. The Labute approximate surface area is 74.3 Å². The van der Waals surface area contributed by atoms with Crippen molar-refractivity contribution in [2.24, 2.45) is 17.8 Å². The first-order valence-electron chi connectivity index (χ1n) is 4.87. The van der Waals surface area contributed by atoms with Crippen molar-refractivity contribution in [3.05, 3.63) is 0 Å². The molecule has 12 heavy (non-hydrogen) atoms. The Balaban J connectivity index is 2.63. The zero-order valence-electron chi connectivity index (χ0n) is 8.38. The van der Waals surface area contributed by atoms with E-state index in [-0.39, 0.29) is 12.0 Å². The van der Waals surface area contributed by atoms with Gasteiger partial charge in [-0.2, -0.15) is 0 Å². The highest BCUT2D eigenvalue weighted by atomic mass is 19.1. The van der Waals surface area contributed by atoms with Gasteiger partial charge in [-0.3, -0.25) is 0 Å². The molecule has 0 amide bonds. The molecule has 0 N–H and O–H groups in total. The lowest BCUT2D eigenvalue weighted by molar-refractivity contribution is -0.188. The summed E-state index contributed by atoms with van der Waals surface area (Å²) >= 11 is 0. The molecular formula is C10H19FO. The maximum Gasteiger partial charge on any atom is 0.201 e. The maximum absolute atomic E-state index is 13.2. The van der Waals surface area contributed by atoms with Crippen molar-refractivity contribution in [1.82, 2.24) is 0 Å². The lowest BCUT2D eigenvalue weighted by Gasteiger charge is -2.40. The second-order valence-electron chi connectivity index (χ2n) is 4.01. The summed E-state index contributed by atoms with van der Waals surface area (Å²) in [6, 6.07) is 0. The predicted octanol–water partition coefficient (Wildman–Crippen LogP) is 3.00. The second-order valence-corrected chi connectivity index (χ2v) is 4.01. The summed E-state index contributed by atoms with van der Waals surface area (Å²) in [4.78, 5) is 0. The van der Waals surface area contributed by atoms with Crippen molar-refractivity contribution in [3.8, 4) is 0 Å². The van der Waals surface area contributed by atoms with Crippen molar-refractivity contribution in [2.45, 2.75) is 46.6 Å². The molecule has 1 fully saturated rings. The SMILES string of the molecule is CCC1OC(F)C(C)C(C)C1C. The molecule has 5 atom stereocenters. The molecule has 2 heteroatoms. The molecule has 0 aromatic heterocycles. The van der Waals surface area contributed by atoms with Gasteiger partial charge < -0.3 is 4.74 Å². The van der Waals surface area contributed by atoms with Crippen molar-refractivity contribution >= 4 is 0 Å². The molecule has 1 nitrogen and oxygen atoms in total. The highest BCUT2D eigenvalue weighted by Crippen LogP contribution is 2.36. The monoisotopic (exact) mass is 174 g/mol. The summed E-state index contributed by atoms with van der Waals surface area (Å²) < 4.78 is 18.5. The standard InChI is InChI=1S/C10H19FO/c1-5-9-7(3)6(2)8(4)10(11)12-9/h6-10H,5H2,1-4H3. The molecule has 1 heterocycles. The Morgan fingerprint density at radius 2 is 1.67 bits per heavy atom. The van der Waals surface area contributed by atoms with Crippen LogP contribution in [0.2, 0.25) is 0 Å². The molecule has 0 aromatic carbocycles. The van der Waals surface area contributed by atoms with Crippen LogP contribution < -0.4 is 0 Å². The first kappa shape index (κ1) is 9.97. The quantitative estimate of drug-likeness (QED) is 0.593. The summed E-state index contributed by atoms with van der Waals surface area (Å²) in [5.41, 5.74) is 0. The fourth-order valence-corrected chi connectivity index (χ4v) is 1.94. The van der Waals surface area contributed by atoms with Gasteiger partial charge in [-0.15, -0.1) is 0 Å². The van der Waals surface area contributed by atoms with Crippen LogP contribution in [-0.2, 0) is 4.74 Å². The van der Waals surface area contributed by atoms with Crippen LogP contribution >= 0.6 is 0 Å². The van der Waals surface area contributed by atoms with Crippen LogP contribution in [0.25, 0.3) is 0 Å². The number of rotatable bonds is 1. The average molecular weight is 174 g/mol. The molecule has 5 unspecified atom stereocenters. The van der Waals surface area contributed by atoms with Gasteiger partial charge in [-0.1, -0.05) is 27.7 Å². The molecule has 1 aliphatic heterocycles. The molecule has 72 valence electrons. The van der Waals surface area contributed by atoms with Gasteiger partial charge in [0.25, 0.3) is 0 Å². The molecule has 0 saturated carbocycles. The fraction of sp³-hybridized carbons (Fsp3) is 1.00. The van der Waals surface area contributed by atoms with Crippen molar-refractivity contribution < 1.29 is 9.13 Å². The van der Waals surface area contributed by atoms with Crippen LogP contribution in [0.5, 0.6) is 0 Å². The van der Waals surface area contributed by atoms with E-state index < -0.39 is 6.36 Å². The van der Waals surface area contributed by atoms with Gasteiger partial charge in [0, 0.05) is 5.92 Å². The van der Waals surface area contributed by atoms with E-state index in [2.05, 4.69) is 20.8 Å². The summed E-state index contributed by atoms with van der Waals surface area (Å²) in [5, 5.41) is 0. The van der Waals surface area contributed by atoms with Crippen LogP contribution in [-0.4, -0.2) is 12.5 Å². The minimum atomic E-state index is -1.05. The van der Waals surface area contributed by atoms with E-state index in [1.54, 1.807) is 0 Å². The third-order valence-corrected chi connectivity index (χ3v) is 3.37. The predicted molar refractivity (Wildman–Crippen MR) is 47.6 cm³/mol. The zero-order valence-corrected chi connectivity index (χ0v) is 8.38. The number of alkyl halides is 1. The van der Waals surface area contributed by atoms with Gasteiger partial charge in [-0.05, 0) is 18.3 Å². The van der Waals surface area contributed by atoms with Crippen LogP contribution in [0.1, 0.15) is 34.1 Å². The largest absolute Gasteiger partial charge is 0.344 e. The molecular weight excluding hydrogens is 155 g/mol. The van der Waals surface area contributed by atoms with Gasteiger partial charge >= 0.3 is 0 Å². The molecule has 1 rings (SSSR count). The lowest BCUT2D eigenvalue weighted by Crippen LogP contribution is -2.42. The van der Waals surface area contributed by atoms with E-state index in [1.807, 2.05) is 6.92 Å². The van der Waals surface area contributed by atoms with E-state index in [0.717, 1.165) is 6.42 Å². The fourth-order valence-electron chi connectivity index (χ4n) is 1.94. The number of halogens is 1. The number of ether oxygens (including phenoxy) is 1. The topological polar surface area (TPSA) is 9.23 Å². The van der Waals surface area contributed by atoms with E-state index in [4.69, 9.17) is 4.74 Å². The normalized spacial score (nSPS) is 49.2. The Bertz CT molecular complexity index is 144. The Kier molecular flexibility index (Phi) is 3.10. The molecule has 0 radical (unpaired) electrons. The van der Waals surface area contributed by atoms with Crippen LogP contribution in [0, 0.1) is 17.8 Å².